The molecule has 2 aliphatic heterocycles. The number of alkyl halides is 1. The van der Waals surface area contributed by atoms with E-state index in [1.807, 2.05) is 25.9 Å². The third-order valence-corrected chi connectivity index (χ3v) is 11.1. The van der Waals surface area contributed by atoms with E-state index in [0.717, 1.165) is 36.1 Å². The second kappa shape index (κ2) is 7.19. The highest BCUT2D eigenvalue weighted by atomic mass is 19.1. The van der Waals surface area contributed by atoms with E-state index < -0.39 is 29.1 Å². The van der Waals surface area contributed by atoms with Crippen molar-refractivity contribution in [3.8, 4) is 0 Å². The van der Waals surface area contributed by atoms with Crippen molar-refractivity contribution in [2.24, 2.45) is 17.3 Å². The van der Waals surface area contributed by atoms with E-state index in [4.69, 9.17) is 4.74 Å². The van der Waals surface area contributed by atoms with Gasteiger partial charge in [-0.15, -0.1) is 0 Å². The van der Waals surface area contributed by atoms with Gasteiger partial charge in [-0.2, -0.15) is 0 Å². The molecule has 2 bridgehead atoms. The molecule has 3 aliphatic carbocycles. The maximum atomic E-state index is 17.2. The van der Waals surface area contributed by atoms with Crippen molar-refractivity contribution in [3.63, 3.8) is 0 Å². The molecule has 2 aromatic rings. The van der Waals surface area contributed by atoms with Crippen LogP contribution >= 0.6 is 0 Å². The summed E-state index contributed by atoms with van der Waals surface area (Å²) in [6.45, 7) is 4.29. The Morgan fingerprint density at radius 1 is 1.11 bits per heavy atom. The van der Waals surface area contributed by atoms with Gasteiger partial charge in [-0.1, -0.05) is 19.1 Å². The molecule has 2 saturated carbocycles. The molecule has 36 heavy (non-hydrogen) atoms. The standard InChI is InChI=1S/C29H38FN3O3/c1-16-31-20-7-5-17(13-21(20)32-16)18-6-8-23-26(18,2)9-11-28(30)14-19-24(34)25(35)22(33(3)4)15-27(19)10-12-29(23,28)36-27/h5-7,13,19,22-25,34-35H,8-12,14-15H2,1-4H3,(H,31,32). The van der Waals surface area contributed by atoms with E-state index >= 15 is 4.39 Å². The van der Waals surface area contributed by atoms with Crippen LogP contribution in [0.3, 0.4) is 0 Å². The van der Waals surface area contributed by atoms with Crippen molar-refractivity contribution in [2.75, 3.05) is 14.1 Å². The average Bonchev–Trinajstić information content (AvgIpc) is 3.49. The molecule has 9 atom stereocenters. The number of benzene rings is 1. The van der Waals surface area contributed by atoms with Crippen molar-refractivity contribution in [3.05, 3.63) is 35.7 Å². The Bertz CT molecular complexity index is 1280. The van der Waals surface area contributed by atoms with Crippen molar-refractivity contribution in [1.29, 1.82) is 0 Å². The van der Waals surface area contributed by atoms with Gasteiger partial charge < -0.3 is 24.8 Å². The van der Waals surface area contributed by atoms with Crippen LogP contribution in [-0.2, 0) is 4.74 Å². The van der Waals surface area contributed by atoms with Crippen molar-refractivity contribution < 1.29 is 19.3 Å². The number of aliphatic hydroxyl groups is 2. The first-order valence-electron chi connectivity index (χ1n) is 13.6. The number of ether oxygens (including phenoxy) is 1. The maximum absolute atomic E-state index is 17.2. The molecule has 7 rings (SSSR count). The zero-order chi connectivity index (χ0) is 25.3. The van der Waals surface area contributed by atoms with Gasteiger partial charge in [-0.25, -0.2) is 9.37 Å². The lowest BCUT2D eigenvalue weighted by Gasteiger charge is -2.64. The number of aryl methyl sites for hydroxylation is 1. The lowest BCUT2D eigenvalue weighted by molar-refractivity contribution is -0.314. The second-order valence-electron chi connectivity index (χ2n) is 12.9. The number of nitrogens with zero attached hydrogens (tertiary/aromatic N) is 2. The molecule has 2 saturated heterocycles. The van der Waals surface area contributed by atoms with E-state index in [9.17, 15) is 10.2 Å². The fraction of sp³-hybridized carbons (Fsp3) is 0.690. The summed E-state index contributed by atoms with van der Waals surface area (Å²) in [7, 11) is 3.88. The molecule has 6 nitrogen and oxygen atoms in total. The fourth-order valence-electron chi connectivity index (χ4n) is 9.31. The van der Waals surface area contributed by atoms with E-state index in [0.29, 0.717) is 19.3 Å². The molecule has 0 amide bonds. The molecule has 0 radical (unpaired) electrons. The summed E-state index contributed by atoms with van der Waals surface area (Å²) < 4.78 is 24.3. The molecule has 1 aromatic carbocycles. The van der Waals surface area contributed by atoms with E-state index in [1.54, 1.807) is 0 Å². The summed E-state index contributed by atoms with van der Waals surface area (Å²) >= 11 is 0. The van der Waals surface area contributed by atoms with Crippen LogP contribution in [0.1, 0.15) is 63.3 Å². The highest BCUT2D eigenvalue weighted by Gasteiger charge is 2.77. The number of allylic oxidation sites excluding steroid dienone is 2. The van der Waals surface area contributed by atoms with Crippen LogP contribution in [0.15, 0.2) is 24.3 Å². The van der Waals surface area contributed by atoms with Crippen LogP contribution in [0, 0.1) is 24.2 Å². The summed E-state index contributed by atoms with van der Waals surface area (Å²) in [6, 6.07) is 6.23. The normalized spacial score (nSPS) is 47.6. The number of nitrogens with one attached hydrogen (secondary N) is 1. The van der Waals surface area contributed by atoms with Gasteiger partial charge in [0.25, 0.3) is 0 Å². The molecule has 7 heteroatoms. The van der Waals surface area contributed by atoms with Gasteiger partial charge in [0.2, 0.25) is 0 Å². The first-order valence-corrected chi connectivity index (χ1v) is 13.6. The van der Waals surface area contributed by atoms with Crippen molar-refractivity contribution in [2.45, 2.75) is 93.9 Å². The summed E-state index contributed by atoms with van der Waals surface area (Å²) in [5, 5.41) is 22.1. The molecule has 3 N–H and O–H groups in total. The van der Waals surface area contributed by atoms with Gasteiger partial charge in [0.05, 0.1) is 28.8 Å². The summed E-state index contributed by atoms with van der Waals surface area (Å²) in [5.74, 6) is 0.594. The van der Waals surface area contributed by atoms with Gasteiger partial charge in [0, 0.05) is 17.9 Å². The summed E-state index contributed by atoms with van der Waals surface area (Å²) in [4.78, 5) is 9.90. The summed E-state index contributed by atoms with van der Waals surface area (Å²) in [5.41, 5.74) is 1.41. The Morgan fingerprint density at radius 2 is 1.92 bits per heavy atom. The van der Waals surface area contributed by atoms with Gasteiger partial charge >= 0.3 is 0 Å². The highest BCUT2D eigenvalue weighted by Crippen LogP contribution is 2.72. The van der Waals surface area contributed by atoms with Crippen molar-refractivity contribution >= 4 is 16.6 Å². The minimum atomic E-state index is -1.48. The van der Waals surface area contributed by atoms with Crippen LogP contribution in [0.5, 0.6) is 0 Å². The average molecular weight is 496 g/mol. The number of aromatic nitrogens is 2. The molecule has 4 fully saturated rings. The van der Waals surface area contributed by atoms with Crippen LogP contribution in [-0.4, -0.2) is 74.3 Å². The quantitative estimate of drug-likeness (QED) is 0.583. The van der Waals surface area contributed by atoms with Crippen LogP contribution in [0.2, 0.25) is 0 Å². The van der Waals surface area contributed by atoms with Crippen molar-refractivity contribution in [1.82, 2.24) is 14.9 Å². The zero-order valence-corrected chi connectivity index (χ0v) is 21.7. The lowest BCUT2D eigenvalue weighted by atomic mass is 9.51. The number of halogens is 1. The zero-order valence-electron chi connectivity index (χ0n) is 21.7. The number of aromatic amines is 1. The van der Waals surface area contributed by atoms with Gasteiger partial charge in [0.15, 0.2) is 0 Å². The largest absolute Gasteiger partial charge is 0.390 e. The Kier molecular flexibility index (Phi) is 4.66. The predicted molar refractivity (Wildman–Crippen MR) is 136 cm³/mol. The Balaban J connectivity index is 1.27. The van der Waals surface area contributed by atoms with E-state index in [-0.39, 0.29) is 29.7 Å². The second-order valence-corrected chi connectivity index (χ2v) is 12.9. The molecule has 9 unspecified atom stereocenters. The number of rotatable bonds is 2. The minimum absolute atomic E-state index is 0.0556. The number of imidazole rings is 1. The number of fused-ring (bicyclic) bond motifs is 2. The fourth-order valence-corrected chi connectivity index (χ4v) is 9.31. The first kappa shape index (κ1) is 23.3. The minimum Gasteiger partial charge on any atom is -0.390 e. The van der Waals surface area contributed by atoms with Crippen LogP contribution in [0.25, 0.3) is 16.6 Å². The molecule has 3 heterocycles. The Morgan fingerprint density at radius 3 is 2.69 bits per heavy atom. The SMILES string of the molecule is Cc1nc2ccc(C3=CCC4C3(C)CCC3(F)CC5C(O)C(O)C(N(C)C)CC56CCC43O6)cc2[nH]1. The third kappa shape index (κ3) is 2.73. The number of hydrogen-bond donors (Lipinski definition) is 3. The number of hydrogen-bond acceptors (Lipinski definition) is 5. The number of aliphatic hydroxyl groups excluding tert-OH is 2. The van der Waals surface area contributed by atoms with Gasteiger partial charge in [-0.05, 0) is 94.6 Å². The smallest absolute Gasteiger partial charge is 0.140 e. The molecule has 2 spiro atoms. The Labute approximate surface area is 211 Å². The van der Waals surface area contributed by atoms with Gasteiger partial charge in [0.1, 0.15) is 17.1 Å². The van der Waals surface area contributed by atoms with Crippen LogP contribution in [0.4, 0.5) is 4.39 Å². The van der Waals surface area contributed by atoms with Gasteiger partial charge in [-0.3, -0.25) is 0 Å². The molecule has 194 valence electrons. The number of H-pyrrole nitrogens is 1. The Hall–Kier alpha value is -1.80. The molecule has 1 aromatic heterocycles. The topological polar surface area (TPSA) is 81.6 Å². The third-order valence-electron chi connectivity index (χ3n) is 11.1. The molecular formula is C29H38FN3O3. The first-order chi connectivity index (χ1) is 17.0. The van der Waals surface area contributed by atoms with E-state index in [1.165, 1.54) is 11.1 Å². The van der Waals surface area contributed by atoms with E-state index in [2.05, 4.69) is 41.2 Å². The predicted octanol–water partition coefficient (Wildman–Crippen LogP) is 4.15. The maximum Gasteiger partial charge on any atom is 0.140 e. The molecule has 5 aliphatic rings. The summed E-state index contributed by atoms with van der Waals surface area (Å²) in [6.07, 6.45) is 4.82. The molecular weight excluding hydrogens is 457 g/mol. The number of likely N-dealkylation sites (N-methyl/N-ethyl adjacent to an activating group) is 1. The lowest BCUT2D eigenvalue weighted by Crippen LogP contribution is -2.72. The highest BCUT2D eigenvalue weighted by molar-refractivity contribution is 5.83. The van der Waals surface area contributed by atoms with Crippen LogP contribution < -0.4 is 0 Å². The monoisotopic (exact) mass is 495 g/mol.